The minimum Gasteiger partial charge on any atom is -0.447 e. The Morgan fingerprint density at radius 2 is 1.16 bits per heavy atom. The fourth-order valence-electron chi connectivity index (χ4n) is 7.70. The van der Waals surface area contributed by atoms with Gasteiger partial charge in [-0.15, -0.1) is 0 Å². The molecular weight excluding hydrogens is 603 g/mol. The molecule has 0 radical (unpaired) electrons. The van der Waals surface area contributed by atoms with Gasteiger partial charge in [0.05, 0.1) is 30.3 Å². The van der Waals surface area contributed by atoms with Crippen LogP contribution in [0.5, 0.6) is 0 Å². The van der Waals surface area contributed by atoms with Crippen LogP contribution in [-0.2, 0) is 22.8 Å². The van der Waals surface area contributed by atoms with Gasteiger partial charge in [0.2, 0.25) is 5.91 Å². The lowest BCUT2D eigenvalue weighted by atomic mass is 9.91. The maximum Gasteiger partial charge on any atom is 0.416 e. The Labute approximate surface area is 274 Å². The van der Waals surface area contributed by atoms with Gasteiger partial charge >= 0.3 is 6.09 Å². The summed E-state index contributed by atoms with van der Waals surface area (Å²) in [5, 5.41) is 0. The van der Waals surface area contributed by atoms with Crippen LogP contribution in [0, 0.1) is 17.8 Å². The molecule has 6 atom stereocenters. The van der Waals surface area contributed by atoms with Gasteiger partial charge in [0.25, 0.3) is 0 Å². The molecule has 0 spiro atoms. The van der Waals surface area contributed by atoms with Crippen LogP contribution in [0.15, 0.2) is 0 Å². The van der Waals surface area contributed by atoms with E-state index < -0.39 is 37.0 Å². The zero-order valence-electron chi connectivity index (χ0n) is 30.6. The second-order valence-electron chi connectivity index (χ2n) is 14.2. The molecule has 258 valence electrons. The van der Waals surface area contributed by atoms with Gasteiger partial charge < -0.3 is 18.0 Å². The Morgan fingerprint density at radius 3 is 1.52 bits per heavy atom. The van der Waals surface area contributed by atoms with Gasteiger partial charge in [-0.25, -0.2) is 9.69 Å². The highest BCUT2D eigenvalue weighted by Crippen LogP contribution is 2.42. The van der Waals surface area contributed by atoms with E-state index in [1.165, 1.54) is 4.90 Å². The van der Waals surface area contributed by atoms with E-state index in [-0.39, 0.29) is 42.8 Å². The lowest BCUT2D eigenvalue weighted by Gasteiger charge is -2.38. The van der Waals surface area contributed by atoms with E-state index in [4.69, 9.17) is 18.0 Å². The molecule has 1 aliphatic heterocycles. The normalized spacial score (nSPS) is 24.7. The minimum absolute atomic E-state index is 0.110. The third-order valence-electron chi connectivity index (χ3n) is 12.0. The number of imide groups is 1. The van der Waals surface area contributed by atoms with Gasteiger partial charge in [0.15, 0.2) is 25.0 Å². The first-order valence-electron chi connectivity index (χ1n) is 18.4. The summed E-state index contributed by atoms with van der Waals surface area (Å²) in [7, 11) is -5.72. The quantitative estimate of drug-likeness (QED) is 0.120. The van der Waals surface area contributed by atoms with Crippen molar-refractivity contribution in [3.05, 3.63) is 0 Å². The summed E-state index contributed by atoms with van der Waals surface area (Å²) < 4.78 is 27.0. The van der Waals surface area contributed by atoms with Crippen molar-refractivity contribution in [3.63, 3.8) is 0 Å². The molecule has 1 unspecified atom stereocenters. The maximum absolute atomic E-state index is 14.1. The van der Waals surface area contributed by atoms with E-state index in [9.17, 15) is 9.59 Å². The molecule has 1 saturated carbocycles. The van der Waals surface area contributed by atoms with Crippen LogP contribution in [0.3, 0.4) is 0 Å². The molecular formula is C34H69NO6Si3. The minimum atomic E-state index is -2.04. The van der Waals surface area contributed by atoms with Crippen LogP contribution in [-0.4, -0.2) is 72.8 Å². The number of carbonyl (C=O) groups excluding carboxylic acids is 2. The Balaban J connectivity index is 2.45. The van der Waals surface area contributed by atoms with Crippen LogP contribution in [0.2, 0.25) is 54.4 Å². The van der Waals surface area contributed by atoms with Crippen molar-refractivity contribution in [3.8, 4) is 0 Å². The van der Waals surface area contributed by atoms with E-state index in [2.05, 4.69) is 62.3 Å². The molecule has 0 aromatic heterocycles. The van der Waals surface area contributed by atoms with Gasteiger partial charge in [0.1, 0.15) is 6.61 Å². The number of ether oxygens (including phenoxy) is 1. The van der Waals surface area contributed by atoms with Crippen molar-refractivity contribution in [2.75, 3.05) is 6.61 Å². The SMILES string of the molecule is CC[Si](CC)(CC)O[C@H]1CC(C[C@@H](O[Si](CC)(CC)CC)[C@H](C)C(=O)N2C(=O)OC[C@@H]2C(C)C)C[C@H]1O[Si](CC)(CC)CC. The summed E-state index contributed by atoms with van der Waals surface area (Å²) in [4.78, 5) is 28.3. The second kappa shape index (κ2) is 17.6. The number of amides is 2. The van der Waals surface area contributed by atoms with Gasteiger partial charge in [-0.3, -0.25) is 4.79 Å². The first kappa shape index (κ1) is 39.6. The second-order valence-corrected chi connectivity index (χ2v) is 28.3. The van der Waals surface area contributed by atoms with E-state index >= 15 is 0 Å². The number of rotatable bonds is 20. The molecule has 2 amide bonds. The van der Waals surface area contributed by atoms with Gasteiger partial charge in [0, 0.05) is 0 Å². The van der Waals surface area contributed by atoms with Crippen LogP contribution in [0.25, 0.3) is 0 Å². The molecule has 0 aromatic carbocycles. The molecule has 1 aliphatic carbocycles. The van der Waals surface area contributed by atoms with Crippen molar-refractivity contribution in [1.82, 2.24) is 4.90 Å². The molecule has 0 aromatic rings. The monoisotopic (exact) mass is 671 g/mol. The molecule has 0 bridgehead atoms. The van der Waals surface area contributed by atoms with Crippen molar-refractivity contribution in [1.29, 1.82) is 0 Å². The first-order valence-corrected chi connectivity index (χ1v) is 25.9. The summed E-state index contributed by atoms with van der Waals surface area (Å²) >= 11 is 0. The van der Waals surface area contributed by atoms with Gasteiger partial charge in [-0.1, -0.05) is 83.1 Å². The summed E-state index contributed by atoms with van der Waals surface area (Å²) in [6, 6.07) is 9.61. The molecule has 44 heavy (non-hydrogen) atoms. The van der Waals surface area contributed by atoms with E-state index in [0.29, 0.717) is 5.92 Å². The van der Waals surface area contributed by atoms with Crippen molar-refractivity contribution >= 4 is 37.0 Å². The van der Waals surface area contributed by atoms with E-state index in [1.54, 1.807) is 0 Å². The van der Waals surface area contributed by atoms with E-state index in [1.807, 2.05) is 20.8 Å². The number of hydrogen-bond acceptors (Lipinski definition) is 6. The highest BCUT2D eigenvalue weighted by Gasteiger charge is 2.48. The smallest absolute Gasteiger partial charge is 0.416 e. The Morgan fingerprint density at radius 1 is 0.750 bits per heavy atom. The number of hydrogen-bond donors (Lipinski definition) is 0. The standard InChI is InChI=1S/C34H69NO6Si3/c1-13-42(14-2,15-3)39-30(27(12)33(36)35-29(26(10)11)25-38-34(35)37)22-28-23-31(40-43(16-4,17-5)18-6)32(24-28)41-44(19-7,20-8)21-9/h26-32H,13-25H2,1-12H3/t27-,28?,29+,30+,31-,32+/m0/s1. The average Bonchev–Trinajstić information content (AvgIpc) is 3.61. The lowest BCUT2D eigenvalue weighted by Crippen LogP contribution is -2.50. The Kier molecular flexibility index (Phi) is 15.8. The largest absolute Gasteiger partial charge is 0.447 e. The van der Waals surface area contributed by atoms with Gasteiger partial charge in [-0.2, -0.15) is 0 Å². The molecule has 1 heterocycles. The van der Waals surface area contributed by atoms with Crippen molar-refractivity contribution in [2.24, 2.45) is 17.8 Å². The summed E-state index contributed by atoms with van der Waals surface area (Å²) in [6.07, 6.45) is 2.19. The van der Waals surface area contributed by atoms with Gasteiger partial charge in [-0.05, 0) is 85.5 Å². The van der Waals surface area contributed by atoms with Crippen LogP contribution < -0.4 is 0 Å². The molecule has 1 saturated heterocycles. The fraction of sp³-hybridized carbons (Fsp3) is 0.941. The number of carbonyl (C=O) groups is 2. The van der Waals surface area contributed by atoms with Crippen molar-refractivity contribution < 1.29 is 27.6 Å². The maximum atomic E-state index is 14.1. The molecule has 10 heteroatoms. The zero-order valence-corrected chi connectivity index (χ0v) is 33.6. The predicted molar refractivity (Wildman–Crippen MR) is 190 cm³/mol. The molecule has 7 nitrogen and oxygen atoms in total. The average molecular weight is 672 g/mol. The number of cyclic esters (lactones) is 1. The van der Waals surface area contributed by atoms with Crippen LogP contribution >= 0.6 is 0 Å². The Bertz CT molecular complexity index is 837. The lowest BCUT2D eigenvalue weighted by molar-refractivity contribution is -0.137. The summed E-state index contributed by atoms with van der Waals surface area (Å²) in [6.45, 7) is 26.9. The van der Waals surface area contributed by atoms with E-state index in [0.717, 1.165) is 73.7 Å². The predicted octanol–water partition coefficient (Wildman–Crippen LogP) is 9.60. The number of nitrogens with zero attached hydrogens (tertiary/aromatic N) is 1. The first-order chi connectivity index (χ1) is 20.8. The topological polar surface area (TPSA) is 74.3 Å². The van der Waals surface area contributed by atoms with Crippen molar-refractivity contribution in [2.45, 2.75) is 181 Å². The third kappa shape index (κ3) is 9.08. The highest BCUT2D eigenvalue weighted by atomic mass is 28.4. The molecule has 2 fully saturated rings. The molecule has 2 aliphatic rings. The summed E-state index contributed by atoms with van der Waals surface area (Å²) in [5.41, 5.74) is 0. The zero-order chi connectivity index (χ0) is 33.3. The van der Waals surface area contributed by atoms with Crippen LogP contribution in [0.1, 0.15) is 102 Å². The van der Waals surface area contributed by atoms with Crippen LogP contribution in [0.4, 0.5) is 4.79 Å². The fourth-order valence-corrected chi connectivity index (χ4v) is 16.4. The summed E-state index contributed by atoms with van der Waals surface area (Å²) in [5.74, 6) is -0.0879. The Hall–Kier alpha value is -0.529. The third-order valence-corrected chi connectivity index (χ3v) is 26.0. The highest BCUT2D eigenvalue weighted by molar-refractivity contribution is 6.74. The molecule has 0 N–H and O–H groups in total. The molecule has 2 rings (SSSR count).